The van der Waals surface area contributed by atoms with Gasteiger partial charge in [-0.05, 0) is 91.6 Å². The summed E-state index contributed by atoms with van der Waals surface area (Å²) in [5, 5.41) is 0. The van der Waals surface area contributed by atoms with Crippen LogP contribution in [0.3, 0.4) is 0 Å². The van der Waals surface area contributed by atoms with Gasteiger partial charge in [0.15, 0.2) is 17.3 Å². The van der Waals surface area contributed by atoms with Crippen molar-refractivity contribution in [2.75, 3.05) is 7.11 Å². The van der Waals surface area contributed by atoms with E-state index in [0.717, 1.165) is 49.6 Å². The van der Waals surface area contributed by atoms with Gasteiger partial charge in [0.25, 0.3) is 0 Å². The Kier molecular flexibility index (Phi) is 5.96. The van der Waals surface area contributed by atoms with Crippen molar-refractivity contribution in [2.24, 2.45) is 50.2 Å². The van der Waals surface area contributed by atoms with Gasteiger partial charge in [0, 0.05) is 16.9 Å². The minimum Gasteiger partial charge on any atom is -0.469 e. The summed E-state index contributed by atoms with van der Waals surface area (Å²) in [5.74, 6) is -1.26. The lowest BCUT2D eigenvalue weighted by Crippen LogP contribution is -2.67. The third-order valence-corrected chi connectivity index (χ3v) is 12.9. The number of hydrogen-bond acceptors (Lipinski definition) is 5. The molecule has 208 valence electrons. The highest BCUT2D eigenvalue weighted by molar-refractivity contribution is 6.36. The van der Waals surface area contributed by atoms with Crippen molar-refractivity contribution in [2.45, 2.75) is 93.4 Å². The van der Waals surface area contributed by atoms with E-state index in [0.29, 0.717) is 6.42 Å². The Morgan fingerprint density at radius 1 is 0.947 bits per heavy atom. The van der Waals surface area contributed by atoms with Crippen LogP contribution in [0.1, 0.15) is 93.4 Å². The SMILES string of the molecule is COC(=O)C12CCC(C)(C)CC1C1C(=O)C=C3C4(C)C(=O)C(=CCl)C(=O)C(C)(C)C4CCC3(C)C1(C)CC2. The van der Waals surface area contributed by atoms with Crippen molar-refractivity contribution in [1.29, 1.82) is 0 Å². The van der Waals surface area contributed by atoms with Crippen molar-refractivity contribution < 1.29 is 23.9 Å². The van der Waals surface area contributed by atoms with Gasteiger partial charge >= 0.3 is 5.97 Å². The normalized spacial score (nSPS) is 46.3. The van der Waals surface area contributed by atoms with E-state index in [1.165, 1.54) is 7.11 Å². The van der Waals surface area contributed by atoms with E-state index in [1.54, 1.807) is 6.08 Å². The Labute approximate surface area is 232 Å². The first-order chi connectivity index (χ1) is 17.5. The predicted molar refractivity (Wildman–Crippen MR) is 146 cm³/mol. The van der Waals surface area contributed by atoms with Crippen LogP contribution in [0.25, 0.3) is 0 Å². The van der Waals surface area contributed by atoms with Crippen LogP contribution < -0.4 is 0 Å². The summed E-state index contributed by atoms with van der Waals surface area (Å²) in [4.78, 5) is 55.2. The number of carbonyl (C=O) groups excluding carboxylic acids is 4. The Bertz CT molecular complexity index is 1210. The van der Waals surface area contributed by atoms with E-state index in [-0.39, 0.29) is 52.1 Å². The number of fused-ring (bicyclic) bond motifs is 7. The third-order valence-electron chi connectivity index (χ3n) is 12.7. The van der Waals surface area contributed by atoms with Crippen molar-refractivity contribution in [3.8, 4) is 0 Å². The van der Waals surface area contributed by atoms with Gasteiger partial charge in [-0.2, -0.15) is 0 Å². The lowest BCUT2D eigenvalue weighted by atomic mass is 9.33. The fourth-order valence-corrected chi connectivity index (χ4v) is 10.5. The van der Waals surface area contributed by atoms with Crippen LogP contribution in [0.15, 0.2) is 22.8 Å². The van der Waals surface area contributed by atoms with Crippen LogP contribution in [0.4, 0.5) is 0 Å². The van der Waals surface area contributed by atoms with E-state index in [2.05, 4.69) is 27.7 Å². The minimum atomic E-state index is -0.989. The van der Waals surface area contributed by atoms with E-state index in [4.69, 9.17) is 16.3 Å². The predicted octanol–water partition coefficient (Wildman–Crippen LogP) is 6.62. The average molecular weight is 543 g/mol. The Morgan fingerprint density at radius 3 is 2.18 bits per heavy atom. The van der Waals surface area contributed by atoms with E-state index >= 15 is 0 Å². The zero-order valence-electron chi connectivity index (χ0n) is 24.3. The number of carbonyl (C=O) groups is 4. The van der Waals surface area contributed by atoms with Crippen LogP contribution in [0.5, 0.6) is 0 Å². The Hall–Kier alpha value is -1.75. The zero-order valence-corrected chi connectivity index (χ0v) is 25.0. The van der Waals surface area contributed by atoms with E-state index in [1.807, 2.05) is 20.8 Å². The molecule has 0 amide bonds. The molecule has 4 fully saturated rings. The molecule has 0 heterocycles. The molecule has 0 bridgehead atoms. The molecule has 0 aliphatic heterocycles. The van der Waals surface area contributed by atoms with E-state index < -0.39 is 27.1 Å². The van der Waals surface area contributed by atoms with E-state index in [9.17, 15) is 19.2 Å². The second-order valence-corrected chi connectivity index (χ2v) is 15.2. The van der Waals surface area contributed by atoms with Gasteiger partial charge in [-0.15, -0.1) is 0 Å². The largest absolute Gasteiger partial charge is 0.469 e. The average Bonchev–Trinajstić information content (AvgIpc) is 2.84. The molecule has 7 atom stereocenters. The second-order valence-electron chi connectivity index (χ2n) is 15.0. The van der Waals surface area contributed by atoms with Crippen LogP contribution in [0.2, 0.25) is 0 Å². The first-order valence-corrected chi connectivity index (χ1v) is 14.7. The fraction of sp³-hybridized carbons (Fsp3) is 0.750. The summed E-state index contributed by atoms with van der Waals surface area (Å²) >= 11 is 6.10. The minimum absolute atomic E-state index is 0.0245. The molecule has 5 aliphatic carbocycles. The molecule has 38 heavy (non-hydrogen) atoms. The summed E-state index contributed by atoms with van der Waals surface area (Å²) in [7, 11) is 1.46. The summed E-state index contributed by atoms with van der Waals surface area (Å²) < 4.78 is 5.39. The van der Waals surface area contributed by atoms with Gasteiger partial charge < -0.3 is 4.74 Å². The summed E-state index contributed by atoms with van der Waals surface area (Å²) in [6, 6.07) is 0. The number of Topliss-reactive ketones (excluding diaryl/α,β-unsaturated/α-hetero) is 2. The van der Waals surface area contributed by atoms with Crippen LogP contribution >= 0.6 is 11.6 Å². The number of hydrogen-bond donors (Lipinski definition) is 0. The summed E-state index contributed by atoms with van der Waals surface area (Å²) in [6.45, 7) is 14.7. The van der Waals surface area contributed by atoms with Gasteiger partial charge in [-0.25, -0.2) is 0 Å². The van der Waals surface area contributed by atoms with Gasteiger partial charge in [0.05, 0.1) is 23.5 Å². The lowest BCUT2D eigenvalue weighted by molar-refractivity contribution is -0.192. The van der Waals surface area contributed by atoms with Crippen molar-refractivity contribution in [3.63, 3.8) is 0 Å². The number of ketones is 3. The Balaban J connectivity index is 1.71. The van der Waals surface area contributed by atoms with Crippen molar-refractivity contribution >= 4 is 34.9 Å². The number of halogens is 1. The molecule has 0 N–H and O–H groups in total. The summed E-state index contributed by atoms with van der Waals surface area (Å²) in [6.07, 6.45) is 7.16. The number of allylic oxidation sites excluding steroid dienone is 3. The second kappa shape index (κ2) is 8.15. The highest BCUT2D eigenvalue weighted by Crippen LogP contribution is 2.74. The number of methoxy groups -OCH3 is 1. The highest BCUT2D eigenvalue weighted by atomic mass is 35.5. The zero-order chi connectivity index (χ0) is 28.3. The lowest BCUT2D eigenvalue weighted by Gasteiger charge is -2.68. The monoisotopic (exact) mass is 542 g/mol. The van der Waals surface area contributed by atoms with Crippen molar-refractivity contribution in [3.05, 3.63) is 22.8 Å². The highest BCUT2D eigenvalue weighted by Gasteiger charge is 2.72. The Morgan fingerprint density at radius 2 is 1.58 bits per heavy atom. The molecule has 0 aromatic heterocycles. The van der Waals surface area contributed by atoms with Gasteiger partial charge in [-0.3, -0.25) is 19.2 Å². The van der Waals surface area contributed by atoms with Crippen LogP contribution in [-0.4, -0.2) is 30.4 Å². The first-order valence-electron chi connectivity index (χ1n) is 14.2. The number of rotatable bonds is 1. The molecule has 0 aromatic rings. The molecule has 0 saturated heterocycles. The molecule has 4 saturated carbocycles. The molecule has 0 aromatic carbocycles. The maximum atomic E-state index is 14.4. The molecular weight excluding hydrogens is 500 g/mol. The molecule has 7 unspecified atom stereocenters. The van der Waals surface area contributed by atoms with Gasteiger partial charge in [-0.1, -0.05) is 53.1 Å². The molecule has 5 nitrogen and oxygen atoms in total. The van der Waals surface area contributed by atoms with Gasteiger partial charge in [0.2, 0.25) is 0 Å². The number of esters is 1. The molecule has 5 rings (SSSR count). The van der Waals surface area contributed by atoms with Crippen LogP contribution in [0, 0.1) is 50.2 Å². The molecule has 0 spiro atoms. The smallest absolute Gasteiger partial charge is 0.312 e. The maximum absolute atomic E-state index is 14.4. The maximum Gasteiger partial charge on any atom is 0.312 e. The summed E-state index contributed by atoms with van der Waals surface area (Å²) in [5.41, 5.74) is -1.17. The standard InChI is InChI=1S/C32H43ClO5/c1-27(2)11-13-32(26(37)38-8)14-12-30(6)23(19(32)16-27)20(34)15-22-29(30,5)10-9-21-28(3,4)24(35)18(17-33)25(36)31(21,22)7/h15,17,19,21,23H,9-14,16H2,1-8H3. The molecular formula is C32H43ClO5. The molecule has 6 heteroatoms. The van der Waals surface area contributed by atoms with Gasteiger partial charge in [0.1, 0.15) is 0 Å². The van der Waals surface area contributed by atoms with Crippen LogP contribution in [-0.2, 0) is 23.9 Å². The molecule has 0 radical (unpaired) electrons. The molecule has 5 aliphatic rings. The topological polar surface area (TPSA) is 77.5 Å². The quantitative estimate of drug-likeness (QED) is 0.211. The first kappa shape index (κ1) is 27.8. The third kappa shape index (κ3) is 3.12. The van der Waals surface area contributed by atoms with Crippen molar-refractivity contribution in [1.82, 2.24) is 0 Å². The number of ether oxygens (including phenoxy) is 1. The fourth-order valence-electron chi connectivity index (χ4n) is 10.3.